The van der Waals surface area contributed by atoms with Crippen molar-refractivity contribution in [1.82, 2.24) is 29.5 Å². The maximum absolute atomic E-state index is 14.2. The number of nitrogens with two attached hydrogens (primary N) is 1. The first-order valence-electron chi connectivity index (χ1n) is 9.42. The number of halogens is 2. The molecule has 8 nitrogen and oxygen atoms in total. The number of benzene rings is 1. The highest BCUT2D eigenvalue weighted by Crippen LogP contribution is 2.31. The van der Waals surface area contributed by atoms with Crippen LogP contribution in [0.25, 0.3) is 16.6 Å². The van der Waals surface area contributed by atoms with E-state index in [-0.39, 0.29) is 40.4 Å². The van der Waals surface area contributed by atoms with Crippen molar-refractivity contribution >= 4 is 39.7 Å². The fourth-order valence-corrected chi connectivity index (χ4v) is 4.49. The van der Waals surface area contributed by atoms with Crippen LogP contribution in [0.5, 0.6) is 0 Å². The quantitative estimate of drug-likeness (QED) is 0.526. The van der Waals surface area contributed by atoms with Crippen molar-refractivity contribution in [3.8, 4) is 0 Å². The van der Waals surface area contributed by atoms with Gasteiger partial charge in [-0.15, -0.1) is 16.4 Å². The number of nitrogen functional groups attached to an aromatic ring is 1. The maximum atomic E-state index is 14.2. The van der Waals surface area contributed by atoms with E-state index in [0.717, 1.165) is 18.9 Å². The van der Waals surface area contributed by atoms with Crippen molar-refractivity contribution in [2.45, 2.75) is 31.7 Å². The van der Waals surface area contributed by atoms with Gasteiger partial charge in [0.15, 0.2) is 17.3 Å². The van der Waals surface area contributed by atoms with Crippen molar-refractivity contribution in [3.63, 3.8) is 0 Å². The molecule has 1 aliphatic heterocycles. The predicted octanol–water partition coefficient (Wildman–Crippen LogP) is 3.00. The smallest absolute Gasteiger partial charge is 0.265 e. The van der Waals surface area contributed by atoms with Crippen LogP contribution in [0.1, 0.15) is 41.2 Å². The lowest BCUT2D eigenvalue weighted by Crippen LogP contribution is -2.44. The van der Waals surface area contributed by atoms with Crippen LogP contribution in [-0.4, -0.2) is 48.0 Å². The van der Waals surface area contributed by atoms with Crippen LogP contribution >= 0.6 is 11.3 Å². The summed E-state index contributed by atoms with van der Waals surface area (Å²) in [5.74, 6) is -1.32. The van der Waals surface area contributed by atoms with E-state index in [2.05, 4.69) is 20.1 Å². The maximum Gasteiger partial charge on any atom is 0.265 e. The third-order valence-corrected chi connectivity index (χ3v) is 6.25. The van der Waals surface area contributed by atoms with Crippen LogP contribution in [0.4, 0.5) is 14.7 Å². The average Bonchev–Trinajstić information content (AvgIpc) is 3.39. The van der Waals surface area contributed by atoms with Gasteiger partial charge >= 0.3 is 0 Å². The second-order valence-electron chi connectivity index (χ2n) is 7.41. The highest BCUT2D eigenvalue weighted by Gasteiger charge is 2.33. The van der Waals surface area contributed by atoms with Gasteiger partial charge in [0.2, 0.25) is 5.95 Å². The molecule has 30 heavy (non-hydrogen) atoms. The average molecular weight is 429 g/mol. The lowest BCUT2D eigenvalue weighted by molar-refractivity contribution is 0.0611. The number of carbonyl (C=O) groups excluding carboxylic acids is 1. The highest BCUT2D eigenvalue weighted by atomic mass is 32.1. The number of fused-ring (bicyclic) bond motifs is 3. The molecule has 154 valence electrons. The molecule has 11 heteroatoms. The number of hydrogen-bond acceptors (Lipinski definition) is 7. The lowest BCUT2D eigenvalue weighted by atomic mass is 9.92. The number of piperidine rings is 1. The molecule has 1 aromatic carbocycles. The first-order valence-corrected chi connectivity index (χ1v) is 10.3. The van der Waals surface area contributed by atoms with Gasteiger partial charge < -0.3 is 10.6 Å². The minimum absolute atomic E-state index is 0.0384. The zero-order chi connectivity index (χ0) is 21.0. The molecule has 0 saturated carbocycles. The molecule has 1 amide bonds. The van der Waals surface area contributed by atoms with E-state index in [4.69, 9.17) is 5.73 Å². The molecular weight excluding hydrogens is 412 g/mol. The van der Waals surface area contributed by atoms with Crippen molar-refractivity contribution in [3.05, 3.63) is 46.2 Å². The van der Waals surface area contributed by atoms with E-state index in [1.165, 1.54) is 21.9 Å². The monoisotopic (exact) mass is 429 g/mol. The van der Waals surface area contributed by atoms with E-state index >= 15 is 0 Å². The van der Waals surface area contributed by atoms with Crippen molar-refractivity contribution in [1.29, 1.82) is 0 Å². The van der Waals surface area contributed by atoms with Crippen molar-refractivity contribution in [2.24, 2.45) is 0 Å². The third-order valence-electron chi connectivity index (χ3n) is 5.49. The van der Waals surface area contributed by atoms with Gasteiger partial charge in [-0.3, -0.25) is 9.78 Å². The molecule has 0 spiro atoms. The summed E-state index contributed by atoms with van der Waals surface area (Å²) in [6.45, 7) is 2.44. The zero-order valence-corrected chi connectivity index (χ0v) is 16.7. The molecule has 5 rings (SSSR count). The number of thiazole rings is 1. The second kappa shape index (κ2) is 6.94. The van der Waals surface area contributed by atoms with Gasteiger partial charge in [-0.25, -0.2) is 18.7 Å². The molecule has 2 N–H and O–H groups in total. The Balaban J connectivity index is 1.55. The van der Waals surface area contributed by atoms with Gasteiger partial charge in [-0.05, 0) is 25.8 Å². The summed E-state index contributed by atoms with van der Waals surface area (Å²) in [4.78, 5) is 27.8. The Kier molecular flexibility index (Phi) is 4.35. The molecule has 0 unspecified atom stereocenters. The van der Waals surface area contributed by atoms with Gasteiger partial charge in [0.1, 0.15) is 16.2 Å². The molecule has 1 aliphatic rings. The molecule has 0 aliphatic carbocycles. The van der Waals surface area contributed by atoms with Gasteiger partial charge in [0, 0.05) is 24.6 Å². The first-order chi connectivity index (χ1) is 14.4. The predicted molar refractivity (Wildman–Crippen MR) is 107 cm³/mol. The molecule has 0 radical (unpaired) electrons. The Morgan fingerprint density at radius 3 is 2.87 bits per heavy atom. The van der Waals surface area contributed by atoms with Crippen LogP contribution in [-0.2, 0) is 0 Å². The number of nitrogens with zero attached hydrogens (tertiary/aromatic N) is 6. The number of likely N-dealkylation sites (tertiary alicyclic amines) is 1. The zero-order valence-electron chi connectivity index (χ0n) is 15.9. The van der Waals surface area contributed by atoms with E-state index in [1.54, 1.807) is 16.6 Å². The van der Waals surface area contributed by atoms with E-state index < -0.39 is 11.6 Å². The summed E-state index contributed by atoms with van der Waals surface area (Å²) in [5.41, 5.74) is 7.76. The Morgan fingerprint density at radius 2 is 2.10 bits per heavy atom. The standard InChI is InChI=1S/C19H17F2N7OS/c1-9-2-3-10(7-27(9)18(29)14-6-23-8-30-14)16-25-17-12-4-11(20)5-13(21)15(12)24-19(22)28(17)26-16/h4-6,8-10H,2-3,7H2,1H3,(H2,22,24)/t9-,10+/m0/s1. The second-order valence-corrected chi connectivity index (χ2v) is 8.29. The molecule has 3 aromatic heterocycles. The van der Waals surface area contributed by atoms with Crippen LogP contribution in [0, 0.1) is 11.6 Å². The molecular formula is C19H17F2N7OS. The number of hydrogen-bond donors (Lipinski definition) is 1. The largest absolute Gasteiger partial charge is 0.368 e. The SMILES string of the molecule is C[C@H]1CC[C@@H](c2nc3c4cc(F)cc(F)c4nc(N)n3n2)CN1C(=O)c1cncs1. The fourth-order valence-electron chi connectivity index (χ4n) is 3.91. The highest BCUT2D eigenvalue weighted by molar-refractivity contribution is 7.11. The minimum atomic E-state index is -0.809. The Bertz CT molecular complexity index is 1270. The number of rotatable bonds is 2. The Hall–Kier alpha value is -3.21. The summed E-state index contributed by atoms with van der Waals surface area (Å²) in [6, 6.07) is 2.00. The van der Waals surface area contributed by atoms with Gasteiger partial charge in [-0.2, -0.15) is 4.52 Å². The van der Waals surface area contributed by atoms with E-state index in [9.17, 15) is 13.6 Å². The number of anilines is 1. The van der Waals surface area contributed by atoms with Gasteiger partial charge in [0.25, 0.3) is 5.91 Å². The van der Waals surface area contributed by atoms with Crippen LogP contribution in [0.3, 0.4) is 0 Å². The molecule has 0 bridgehead atoms. The summed E-state index contributed by atoms with van der Waals surface area (Å²) >= 11 is 1.30. The minimum Gasteiger partial charge on any atom is -0.368 e. The first kappa shape index (κ1) is 18.8. The van der Waals surface area contributed by atoms with Crippen LogP contribution in [0.15, 0.2) is 23.8 Å². The molecule has 4 aromatic rings. The lowest BCUT2D eigenvalue weighted by Gasteiger charge is -2.36. The molecule has 2 atom stereocenters. The summed E-state index contributed by atoms with van der Waals surface area (Å²) in [5, 5.41) is 4.65. The molecule has 4 heterocycles. The van der Waals surface area contributed by atoms with Crippen molar-refractivity contribution < 1.29 is 13.6 Å². The summed E-state index contributed by atoms with van der Waals surface area (Å²) in [7, 11) is 0. The van der Waals surface area contributed by atoms with Gasteiger partial charge in [-0.1, -0.05) is 0 Å². The summed E-state index contributed by atoms with van der Waals surface area (Å²) < 4.78 is 29.3. The summed E-state index contributed by atoms with van der Waals surface area (Å²) in [6.07, 6.45) is 3.12. The van der Waals surface area contributed by atoms with Crippen LogP contribution in [0.2, 0.25) is 0 Å². The number of aromatic nitrogens is 5. The topological polar surface area (TPSA) is 102 Å². The fraction of sp³-hybridized carbons (Fsp3) is 0.316. The van der Waals surface area contributed by atoms with E-state index in [1.807, 2.05) is 6.92 Å². The Morgan fingerprint density at radius 1 is 1.27 bits per heavy atom. The molecule has 1 saturated heterocycles. The molecule has 1 fully saturated rings. The number of carbonyl (C=O) groups is 1. The van der Waals surface area contributed by atoms with Crippen LogP contribution < -0.4 is 5.73 Å². The van der Waals surface area contributed by atoms with Crippen molar-refractivity contribution in [2.75, 3.05) is 12.3 Å². The normalized spacial score (nSPS) is 19.6. The third kappa shape index (κ3) is 2.96. The Labute approximate surface area is 173 Å². The van der Waals surface area contributed by atoms with E-state index in [0.29, 0.717) is 17.2 Å². The van der Waals surface area contributed by atoms with Gasteiger partial charge in [0.05, 0.1) is 17.1 Å². The number of amides is 1.